The van der Waals surface area contributed by atoms with E-state index in [0.717, 1.165) is 0 Å². The van der Waals surface area contributed by atoms with Gasteiger partial charge in [-0.05, 0) is 18.2 Å². The van der Waals surface area contributed by atoms with Crippen LogP contribution in [0, 0.1) is 0 Å². The van der Waals surface area contributed by atoms with Crippen molar-refractivity contribution in [3.05, 3.63) is 23.8 Å². The van der Waals surface area contributed by atoms with Gasteiger partial charge in [0.25, 0.3) is 11.8 Å². The van der Waals surface area contributed by atoms with Crippen molar-refractivity contribution in [1.29, 1.82) is 0 Å². The Hall–Kier alpha value is -2.97. The summed E-state index contributed by atoms with van der Waals surface area (Å²) in [5.41, 5.74) is 9.37. The lowest BCUT2D eigenvalue weighted by Gasteiger charge is -2.10. The summed E-state index contributed by atoms with van der Waals surface area (Å²) in [6.45, 7) is -0.346. The quantitative estimate of drug-likeness (QED) is 0.525. The topological polar surface area (TPSA) is 132 Å². The molecular weight excluding hydrogens is 280 g/mol. The third-order valence-electron chi connectivity index (χ3n) is 2.38. The first-order chi connectivity index (χ1) is 9.97. The SMILES string of the molecule is COc1ccc(C(=O)NNC(=O)CNC(N)=O)cc1OC. The molecule has 0 heterocycles. The van der Waals surface area contributed by atoms with Gasteiger partial charge in [-0.15, -0.1) is 0 Å². The van der Waals surface area contributed by atoms with Crippen LogP contribution in [0.2, 0.25) is 0 Å². The van der Waals surface area contributed by atoms with Gasteiger partial charge >= 0.3 is 6.03 Å². The lowest BCUT2D eigenvalue weighted by molar-refractivity contribution is -0.120. The zero-order chi connectivity index (χ0) is 15.8. The van der Waals surface area contributed by atoms with E-state index in [9.17, 15) is 14.4 Å². The molecule has 0 fully saturated rings. The zero-order valence-corrected chi connectivity index (χ0v) is 11.6. The molecule has 9 heteroatoms. The molecule has 0 aliphatic rings. The summed E-state index contributed by atoms with van der Waals surface area (Å²) >= 11 is 0. The Kier molecular flexibility index (Phi) is 5.80. The number of carbonyl (C=O) groups excluding carboxylic acids is 3. The molecule has 0 atom stereocenters. The standard InChI is InChI=1S/C12H16N4O5/c1-20-8-4-3-7(5-9(8)21-2)11(18)16-15-10(17)6-14-12(13)19/h3-5H,6H2,1-2H3,(H,15,17)(H,16,18)(H3,13,14,19). The molecule has 9 nitrogen and oxygen atoms in total. The van der Waals surface area contributed by atoms with Crippen molar-refractivity contribution in [3.63, 3.8) is 0 Å². The van der Waals surface area contributed by atoms with Crippen molar-refractivity contribution in [1.82, 2.24) is 16.2 Å². The Morgan fingerprint density at radius 1 is 1.10 bits per heavy atom. The largest absolute Gasteiger partial charge is 0.493 e. The van der Waals surface area contributed by atoms with Crippen LogP contribution in [0.25, 0.3) is 0 Å². The van der Waals surface area contributed by atoms with Crippen LogP contribution in [-0.4, -0.2) is 38.6 Å². The Labute approximate surface area is 120 Å². The van der Waals surface area contributed by atoms with Gasteiger partial charge in [-0.25, -0.2) is 4.79 Å². The molecule has 1 aromatic carbocycles. The molecule has 0 aliphatic carbocycles. The van der Waals surface area contributed by atoms with Gasteiger partial charge in [-0.1, -0.05) is 0 Å². The Bertz CT molecular complexity index is 546. The Morgan fingerprint density at radius 2 is 1.76 bits per heavy atom. The van der Waals surface area contributed by atoms with E-state index in [1.165, 1.54) is 26.4 Å². The van der Waals surface area contributed by atoms with Crippen LogP contribution in [0.1, 0.15) is 10.4 Å². The maximum absolute atomic E-state index is 11.8. The van der Waals surface area contributed by atoms with Crippen molar-refractivity contribution in [2.75, 3.05) is 20.8 Å². The molecule has 21 heavy (non-hydrogen) atoms. The summed E-state index contributed by atoms with van der Waals surface area (Å²) in [7, 11) is 2.92. The molecule has 0 saturated carbocycles. The van der Waals surface area contributed by atoms with E-state index in [1.807, 2.05) is 0 Å². The molecule has 0 radical (unpaired) electrons. The smallest absolute Gasteiger partial charge is 0.312 e. The van der Waals surface area contributed by atoms with E-state index in [-0.39, 0.29) is 12.1 Å². The lowest BCUT2D eigenvalue weighted by Crippen LogP contribution is -2.47. The molecule has 0 unspecified atom stereocenters. The van der Waals surface area contributed by atoms with Gasteiger partial charge in [0.2, 0.25) is 0 Å². The lowest BCUT2D eigenvalue weighted by atomic mass is 10.2. The zero-order valence-electron chi connectivity index (χ0n) is 11.6. The molecule has 5 N–H and O–H groups in total. The summed E-state index contributed by atoms with van der Waals surface area (Å²) in [4.78, 5) is 33.5. The third-order valence-corrected chi connectivity index (χ3v) is 2.38. The first-order valence-corrected chi connectivity index (χ1v) is 5.82. The van der Waals surface area contributed by atoms with E-state index in [4.69, 9.17) is 15.2 Å². The number of methoxy groups -OCH3 is 2. The van der Waals surface area contributed by atoms with Gasteiger partial charge in [0.05, 0.1) is 14.2 Å². The monoisotopic (exact) mass is 296 g/mol. The maximum atomic E-state index is 11.8. The van der Waals surface area contributed by atoms with Crippen LogP contribution in [0.5, 0.6) is 11.5 Å². The minimum Gasteiger partial charge on any atom is -0.493 e. The number of nitrogens with two attached hydrogens (primary N) is 1. The van der Waals surface area contributed by atoms with E-state index < -0.39 is 17.8 Å². The van der Waals surface area contributed by atoms with Gasteiger partial charge in [0, 0.05) is 5.56 Å². The van der Waals surface area contributed by atoms with Crippen LogP contribution in [-0.2, 0) is 4.79 Å². The second kappa shape index (κ2) is 7.58. The van der Waals surface area contributed by atoms with Gasteiger partial charge in [-0.2, -0.15) is 0 Å². The van der Waals surface area contributed by atoms with Crippen molar-refractivity contribution < 1.29 is 23.9 Å². The normalized spacial score (nSPS) is 9.43. The molecule has 0 spiro atoms. The number of carbonyl (C=O) groups is 3. The first kappa shape index (κ1) is 16.1. The van der Waals surface area contributed by atoms with Gasteiger partial charge in [0.1, 0.15) is 6.54 Å². The van der Waals surface area contributed by atoms with E-state index in [2.05, 4.69) is 16.2 Å². The Morgan fingerprint density at radius 3 is 2.33 bits per heavy atom. The van der Waals surface area contributed by atoms with Crippen LogP contribution in [0.4, 0.5) is 4.79 Å². The van der Waals surface area contributed by atoms with Gasteiger partial charge < -0.3 is 20.5 Å². The van der Waals surface area contributed by atoms with Crippen LogP contribution in [0.15, 0.2) is 18.2 Å². The molecule has 1 rings (SSSR count). The number of amides is 4. The van der Waals surface area contributed by atoms with Crippen molar-refractivity contribution in [2.45, 2.75) is 0 Å². The highest BCUT2D eigenvalue weighted by atomic mass is 16.5. The minimum absolute atomic E-state index is 0.260. The molecular formula is C12H16N4O5. The number of urea groups is 1. The maximum Gasteiger partial charge on any atom is 0.312 e. The predicted molar refractivity (Wildman–Crippen MR) is 72.7 cm³/mol. The van der Waals surface area contributed by atoms with Crippen LogP contribution < -0.4 is 31.4 Å². The number of rotatable bonds is 5. The number of benzene rings is 1. The average molecular weight is 296 g/mol. The molecule has 1 aromatic rings. The summed E-state index contributed by atoms with van der Waals surface area (Å²) < 4.78 is 10.1. The van der Waals surface area contributed by atoms with Crippen LogP contribution >= 0.6 is 0 Å². The second-order valence-corrected chi connectivity index (χ2v) is 3.79. The fourth-order valence-corrected chi connectivity index (χ4v) is 1.39. The number of nitrogens with one attached hydrogen (secondary N) is 3. The second-order valence-electron chi connectivity index (χ2n) is 3.79. The molecule has 0 saturated heterocycles. The van der Waals surface area contributed by atoms with Crippen molar-refractivity contribution >= 4 is 17.8 Å². The number of hydrogen-bond donors (Lipinski definition) is 4. The van der Waals surface area contributed by atoms with Crippen LogP contribution in [0.3, 0.4) is 0 Å². The molecule has 0 aromatic heterocycles. The van der Waals surface area contributed by atoms with E-state index in [0.29, 0.717) is 11.5 Å². The van der Waals surface area contributed by atoms with Gasteiger partial charge in [0.15, 0.2) is 11.5 Å². The fourth-order valence-electron chi connectivity index (χ4n) is 1.39. The molecule has 0 aliphatic heterocycles. The van der Waals surface area contributed by atoms with Gasteiger partial charge in [-0.3, -0.25) is 20.4 Å². The number of hydrazine groups is 1. The van der Waals surface area contributed by atoms with Crippen molar-refractivity contribution in [3.8, 4) is 11.5 Å². The molecule has 114 valence electrons. The number of primary amides is 1. The summed E-state index contributed by atoms with van der Waals surface area (Å²) in [6.07, 6.45) is 0. The Balaban J connectivity index is 2.59. The number of hydrogen-bond acceptors (Lipinski definition) is 5. The van der Waals surface area contributed by atoms with Crippen molar-refractivity contribution in [2.24, 2.45) is 5.73 Å². The highest BCUT2D eigenvalue weighted by Crippen LogP contribution is 2.27. The minimum atomic E-state index is -0.837. The summed E-state index contributed by atoms with van der Waals surface area (Å²) in [5, 5.41) is 2.08. The third kappa shape index (κ3) is 4.90. The summed E-state index contributed by atoms with van der Waals surface area (Å²) in [6, 6.07) is 3.69. The number of ether oxygens (including phenoxy) is 2. The first-order valence-electron chi connectivity index (χ1n) is 5.82. The highest BCUT2D eigenvalue weighted by Gasteiger charge is 2.11. The fraction of sp³-hybridized carbons (Fsp3) is 0.250. The predicted octanol–water partition coefficient (Wildman–Crippen LogP) is -0.867. The average Bonchev–Trinajstić information content (AvgIpc) is 2.49. The molecule has 0 bridgehead atoms. The highest BCUT2D eigenvalue weighted by molar-refractivity contribution is 5.96. The van der Waals surface area contributed by atoms with E-state index >= 15 is 0 Å². The molecule has 4 amide bonds. The summed E-state index contributed by atoms with van der Waals surface area (Å²) in [5.74, 6) is -0.318. The van der Waals surface area contributed by atoms with E-state index in [1.54, 1.807) is 6.07 Å².